The van der Waals surface area contributed by atoms with E-state index in [4.69, 9.17) is 4.74 Å². The zero-order valence-electron chi connectivity index (χ0n) is 14.5. The van der Waals surface area contributed by atoms with Crippen LogP contribution in [0.3, 0.4) is 0 Å². The molecule has 1 fully saturated rings. The van der Waals surface area contributed by atoms with Crippen molar-refractivity contribution in [1.29, 1.82) is 0 Å². The maximum atomic E-state index is 11.8. The number of hydrogen-bond donors (Lipinski definition) is 1. The zero-order valence-corrected chi connectivity index (χ0v) is 14.5. The Kier molecular flexibility index (Phi) is 7.12. The van der Waals surface area contributed by atoms with Gasteiger partial charge in [-0.15, -0.1) is 0 Å². The maximum Gasteiger partial charge on any atom is 0.223 e. The molecule has 0 spiro atoms. The average Bonchev–Trinajstić information content (AvgIpc) is 2.76. The molecular weight excluding hydrogens is 292 g/mol. The lowest BCUT2D eigenvalue weighted by Crippen LogP contribution is -2.27. The van der Waals surface area contributed by atoms with E-state index in [-0.39, 0.29) is 17.3 Å². The monoisotopic (exact) mass is 322 g/mol. The first-order valence-corrected chi connectivity index (χ1v) is 8.82. The second kappa shape index (κ2) is 9.08. The van der Waals surface area contributed by atoms with Gasteiger partial charge in [0.25, 0.3) is 0 Å². The Bertz CT molecular complexity index is 532. The third kappa shape index (κ3) is 5.99. The van der Waals surface area contributed by atoms with Crippen molar-refractivity contribution in [1.82, 2.24) is 9.47 Å². The summed E-state index contributed by atoms with van der Waals surface area (Å²) in [6.07, 6.45) is 7.72. The Morgan fingerprint density at radius 1 is 1.22 bits per heavy atom. The topological polar surface area (TPSA) is 54.7 Å². The lowest BCUT2D eigenvalue weighted by atomic mass is 10.2. The van der Waals surface area contributed by atoms with E-state index in [1.165, 1.54) is 25.7 Å². The van der Waals surface area contributed by atoms with Crippen LogP contribution in [0.1, 0.15) is 51.6 Å². The van der Waals surface area contributed by atoms with Crippen molar-refractivity contribution in [2.75, 3.05) is 19.7 Å². The van der Waals surface area contributed by atoms with Gasteiger partial charge in [-0.2, -0.15) is 0 Å². The summed E-state index contributed by atoms with van der Waals surface area (Å²) in [7, 11) is 0. The fourth-order valence-corrected chi connectivity index (χ4v) is 3.02. The van der Waals surface area contributed by atoms with Gasteiger partial charge in [-0.05, 0) is 46.2 Å². The van der Waals surface area contributed by atoms with Crippen molar-refractivity contribution in [3.05, 3.63) is 28.2 Å². The standard InChI is InChI=1S/C18H30N2O3/c1-15(2)23-11-7-10-20-14-18(22)17(21)12-16(20)13-19-8-5-3-4-6-9-19/h12,14-15,22H,3-11,13H2,1-2H3. The number of pyridine rings is 1. The molecule has 0 atom stereocenters. The summed E-state index contributed by atoms with van der Waals surface area (Å²) in [5.41, 5.74) is 0.698. The van der Waals surface area contributed by atoms with Gasteiger partial charge in [-0.3, -0.25) is 9.69 Å². The number of aryl methyl sites for hydroxylation is 1. The normalized spacial score (nSPS) is 16.7. The van der Waals surface area contributed by atoms with E-state index in [2.05, 4.69) is 4.90 Å². The number of ether oxygens (including phenoxy) is 1. The minimum Gasteiger partial charge on any atom is -0.503 e. The number of aromatic hydroxyl groups is 1. The van der Waals surface area contributed by atoms with E-state index in [1.54, 1.807) is 12.3 Å². The van der Waals surface area contributed by atoms with Gasteiger partial charge < -0.3 is 14.4 Å². The van der Waals surface area contributed by atoms with Gasteiger partial charge in [0.1, 0.15) is 0 Å². The summed E-state index contributed by atoms with van der Waals surface area (Å²) >= 11 is 0. The second-order valence-electron chi connectivity index (χ2n) is 6.67. The molecule has 1 N–H and O–H groups in total. The minimum atomic E-state index is -0.287. The van der Waals surface area contributed by atoms with E-state index < -0.39 is 0 Å². The molecule has 1 aromatic rings. The van der Waals surface area contributed by atoms with Crippen LogP contribution in [0, 0.1) is 0 Å². The Morgan fingerprint density at radius 3 is 2.57 bits per heavy atom. The van der Waals surface area contributed by atoms with Crippen LogP contribution in [0.2, 0.25) is 0 Å². The zero-order chi connectivity index (χ0) is 16.7. The van der Waals surface area contributed by atoms with Crippen molar-refractivity contribution in [2.45, 2.75) is 65.1 Å². The fourth-order valence-electron chi connectivity index (χ4n) is 3.02. The number of rotatable bonds is 7. The summed E-state index contributed by atoms with van der Waals surface area (Å²) in [5.74, 6) is -0.172. The van der Waals surface area contributed by atoms with Crippen LogP contribution in [-0.4, -0.2) is 40.4 Å². The summed E-state index contributed by atoms with van der Waals surface area (Å²) < 4.78 is 7.58. The predicted octanol–water partition coefficient (Wildman–Crippen LogP) is 2.75. The van der Waals surface area contributed by atoms with Gasteiger partial charge in [-0.1, -0.05) is 12.8 Å². The summed E-state index contributed by atoms with van der Waals surface area (Å²) in [6.45, 7) is 8.45. The Labute approximate surface area is 138 Å². The van der Waals surface area contributed by atoms with Crippen molar-refractivity contribution >= 4 is 0 Å². The van der Waals surface area contributed by atoms with Crippen LogP contribution in [0.5, 0.6) is 5.75 Å². The SMILES string of the molecule is CC(C)OCCCn1cc(O)c(=O)cc1CN1CCCCCC1. The van der Waals surface area contributed by atoms with Crippen LogP contribution in [0.4, 0.5) is 0 Å². The smallest absolute Gasteiger partial charge is 0.223 e. The van der Waals surface area contributed by atoms with Crippen molar-refractivity contribution in [3.8, 4) is 5.75 Å². The molecule has 1 aliphatic rings. The lowest BCUT2D eigenvalue weighted by molar-refractivity contribution is 0.0745. The molecule has 0 aliphatic carbocycles. The summed E-state index contributed by atoms with van der Waals surface area (Å²) in [6, 6.07) is 1.59. The molecule has 0 radical (unpaired) electrons. The molecule has 2 rings (SSSR count). The minimum absolute atomic E-state index is 0.172. The summed E-state index contributed by atoms with van der Waals surface area (Å²) in [5, 5.41) is 9.74. The molecule has 0 saturated carbocycles. The van der Waals surface area contributed by atoms with E-state index in [9.17, 15) is 9.90 Å². The molecule has 130 valence electrons. The van der Waals surface area contributed by atoms with Crippen LogP contribution >= 0.6 is 0 Å². The third-order valence-electron chi connectivity index (χ3n) is 4.28. The predicted molar refractivity (Wildman–Crippen MR) is 91.8 cm³/mol. The number of likely N-dealkylation sites (tertiary alicyclic amines) is 1. The quantitative estimate of drug-likeness (QED) is 0.784. The molecule has 5 nitrogen and oxygen atoms in total. The fraction of sp³-hybridized carbons (Fsp3) is 0.722. The highest BCUT2D eigenvalue weighted by atomic mass is 16.5. The van der Waals surface area contributed by atoms with E-state index in [1.807, 2.05) is 18.4 Å². The highest BCUT2D eigenvalue weighted by Crippen LogP contribution is 2.14. The second-order valence-corrected chi connectivity index (χ2v) is 6.67. The molecule has 0 aromatic carbocycles. The van der Waals surface area contributed by atoms with Crippen molar-refractivity contribution in [2.24, 2.45) is 0 Å². The van der Waals surface area contributed by atoms with Gasteiger partial charge in [0.05, 0.1) is 12.3 Å². The van der Waals surface area contributed by atoms with Gasteiger partial charge in [0.15, 0.2) is 5.75 Å². The molecule has 1 saturated heterocycles. The molecule has 2 heterocycles. The molecule has 5 heteroatoms. The largest absolute Gasteiger partial charge is 0.503 e. The Hall–Kier alpha value is -1.33. The molecule has 0 amide bonds. The summed E-state index contributed by atoms with van der Waals surface area (Å²) in [4.78, 5) is 14.2. The lowest BCUT2D eigenvalue weighted by Gasteiger charge is -2.22. The van der Waals surface area contributed by atoms with E-state index in [0.29, 0.717) is 6.61 Å². The highest BCUT2D eigenvalue weighted by molar-refractivity contribution is 5.20. The van der Waals surface area contributed by atoms with Gasteiger partial charge in [-0.25, -0.2) is 0 Å². The van der Waals surface area contributed by atoms with Gasteiger partial charge in [0, 0.05) is 31.5 Å². The maximum absolute atomic E-state index is 11.8. The number of hydrogen-bond acceptors (Lipinski definition) is 4. The first kappa shape index (κ1) is 18.0. The molecule has 0 bridgehead atoms. The van der Waals surface area contributed by atoms with E-state index >= 15 is 0 Å². The first-order valence-electron chi connectivity index (χ1n) is 8.82. The Morgan fingerprint density at radius 2 is 1.91 bits per heavy atom. The molecule has 23 heavy (non-hydrogen) atoms. The third-order valence-corrected chi connectivity index (χ3v) is 4.28. The van der Waals surface area contributed by atoms with Crippen LogP contribution in [-0.2, 0) is 17.8 Å². The van der Waals surface area contributed by atoms with Crippen LogP contribution in [0.15, 0.2) is 17.1 Å². The molecule has 1 aromatic heterocycles. The Balaban J connectivity index is 2.03. The van der Waals surface area contributed by atoms with Crippen molar-refractivity contribution in [3.63, 3.8) is 0 Å². The van der Waals surface area contributed by atoms with Gasteiger partial charge in [0.2, 0.25) is 5.43 Å². The highest BCUT2D eigenvalue weighted by Gasteiger charge is 2.13. The molecule has 0 unspecified atom stereocenters. The molecule has 1 aliphatic heterocycles. The van der Waals surface area contributed by atoms with Crippen LogP contribution < -0.4 is 5.43 Å². The van der Waals surface area contributed by atoms with E-state index in [0.717, 1.165) is 38.3 Å². The number of nitrogens with zero attached hydrogens (tertiary/aromatic N) is 2. The first-order chi connectivity index (χ1) is 11.1. The van der Waals surface area contributed by atoms with Gasteiger partial charge >= 0.3 is 0 Å². The molecular formula is C18H30N2O3. The average molecular weight is 322 g/mol. The number of aromatic nitrogens is 1. The van der Waals surface area contributed by atoms with Crippen LogP contribution in [0.25, 0.3) is 0 Å². The van der Waals surface area contributed by atoms with Crippen molar-refractivity contribution < 1.29 is 9.84 Å².